The van der Waals surface area contributed by atoms with Gasteiger partial charge in [0.2, 0.25) is 0 Å². The molecule has 0 atom stereocenters. The van der Waals surface area contributed by atoms with Gasteiger partial charge in [0.15, 0.2) is 0 Å². The molecule has 19 heavy (non-hydrogen) atoms. The Morgan fingerprint density at radius 1 is 1.58 bits per heavy atom. The van der Waals surface area contributed by atoms with E-state index in [1.54, 1.807) is 18.2 Å². The molecule has 0 aliphatic rings. The van der Waals surface area contributed by atoms with E-state index in [-0.39, 0.29) is 11.9 Å². The van der Waals surface area contributed by atoms with Crippen LogP contribution in [0.5, 0.6) is 0 Å². The maximum Gasteiger partial charge on any atom is 0.270 e. The van der Waals surface area contributed by atoms with E-state index in [1.165, 1.54) is 4.80 Å². The van der Waals surface area contributed by atoms with E-state index in [1.807, 2.05) is 6.07 Å². The molecule has 0 bridgehead atoms. The lowest BCUT2D eigenvalue weighted by Crippen LogP contribution is -2.14. The first-order valence-corrected chi connectivity index (χ1v) is 6.71. The first-order valence-electron chi connectivity index (χ1n) is 5.25. The van der Waals surface area contributed by atoms with Crippen molar-refractivity contribution in [1.82, 2.24) is 20.2 Å². The third-order valence-electron chi connectivity index (χ3n) is 2.14. The summed E-state index contributed by atoms with van der Waals surface area (Å²) >= 11 is 8.08. The van der Waals surface area contributed by atoms with Crippen molar-refractivity contribution in [1.29, 1.82) is 0 Å². The average molecular weight is 390 g/mol. The Labute approximate surface area is 128 Å². The molecular formula is C11H9ClIN5O. The Bertz CT molecular complexity index is 627. The lowest BCUT2D eigenvalue weighted by atomic mass is 10.2. The van der Waals surface area contributed by atoms with Crippen molar-refractivity contribution in [2.45, 2.75) is 6.54 Å². The molecule has 1 N–H and O–H groups in total. The predicted octanol–water partition coefficient (Wildman–Crippen LogP) is 2.37. The number of rotatable bonds is 4. The van der Waals surface area contributed by atoms with Gasteiger partial charge in [-0.1, -0.05) is 22.8 Å². The molecule has 0 saturated carbocycles. The van der Waals surface area contributed by atoms with Crippen LogP contribution in [0.2, 0.25) is 5.02 Å². The van der Waals surface area contributed by atoms with E-state index in [0.29, 0.717) is 17.1 Å². The second-order valence-corrected chi connectivity index (χ2v) is 5.19. The molecule has 0 spiro atoms. The number of hydrogen-bond donors (Lipinski definition) is 1. The molecule has 2 aromatic rings. The minimum Gasteiger partial charge on any atom is -0.288 e. The van der Waals surface area contributed by atoms with Crippen LogP contribution < -0.4 is 5.32 Å². The molecule has 8 heteroatoms. The topological polar surface area (TPSA) is 72.7 Å². The summed E-state index contributed by atoms with van der Waals surface area (Å²) in [4.78, 5) is 13.3. The molecule has 6 nitrogen and oxygen atoms in total. The van der Waals surface area contributed by atoms with Crippen molar-refractivity contribution in [3.8, 4) is 0 Å². The predicted molar refractivity (Wildman–Crippen MR) is 80.1 cm³/mol. The number of carbonyl (C=O) groups is 1. The zero-order valence-corrected chi connectivity index (χ0v) is 12.6. The van der Waals surface area contributed by atoms with Crippen LogP contribution in [0.15, 0.2) is 30.9 Å². The quantitative estimate of drug-likeness (QED) is 0.644. The summed E-state index contributed by atoms with van der Waals surface area (Å²) in [6, 6.07) is 5.17. The van der Waals surface area contributed by atoms with E-state index >= 15 is 0 Å². The molecule has 2 rings (SSSR count). The van der Waals surface area contributed by atoms with Gasteiger partial charge in [0.25, 0.3) is 11.9 Å². The minimum atomic E-state index is -0.373. The second-order valence-electron chi connectivity index (χ2n) is 3.53. The van der Waals surface area contributed by atoms with Crippen molar-refractivity contribution in [2.75, 3.05) is 5.32 Å². The van der Waals surface area contributed by atoms with Gasteiger partial charge in [-0.3, -0.25) is 10.1 Å². The largest absolute Gasteiger partial charge is 0.288 e. The maximum atomic E-state index is 12.0. The average Bonchev–Trinajstić information content (AvgIpc) is 2.80. The van der Waals surface area contributed by atoms with Gasteiger partial charge in [-0.25, -0.2) is 0 Å². The number of carbonyl (C=O) groups excluding carboxylic acids is 1. The van der Waals surface area contributed by atoms with Crippen molar-refractivity contribution in [2.24, 2.45) is 0 Å². The SMILES string of the molecule is C=CCn1nnc(NC(=O)c2cc(I)ccc2Cl)n1. The van der Waals surface area contributed by atoms with Crippen LogP contribution in [0.1, 0.15) is 10.4 Å². The summed E-state index contributed by atoms with van der Waals surface area (Å²) in [6.07, 6.45) is 1.63. The van der Waals surface area contributed by atoms with Crippen LogP contribution in [0.4, 0.5) is 5.95 Å². The summed E-state index contributed by atoms with van der Waals surface area (Å²) in [5.74, 6) is -0.247. The molecule has 1 amide bonds. The van der Waals surface area contributed by atoms with E-state index in [0.717, 1.165) is 3.57 Å². The fourth-order valence-corrected chi connectivity index (χ4v) is 2.02. The molecule has 1 aromatic heterocycles. The third-order valence-corrected chi connectivity index (χ3v) is 3.14. The lowest BCUT2D eigenvalue weighted by molar-refractivity contribution is 0.102. The monoisotopic (exact) mass is 389 g/mol. The fourth-order valence-electron chi connectivity index (χ4n) is 1.33. The van der Waals surface area contributed by atoms with Crippen LogP contribution in [0.25, 0.3) is 0 Å². The summed E-state index contributed by atoms with van der Waals surface area (Å²) in [5, 5.41) is 14.3. The zero-order chi connectivity index (χ0) is 13.8. The molecule has 1 aromatic carbocycles. The molecule has 0 fully saturated rings. The van der Waals surface area contributed by atoms with Gasteiger partial charge < -0.3 is 0 Å². The van der Waals surface area contributed by atoms with E-state index in [9.17, 15) is 4.79 Å². The summed E-state index contributed by atoms with van der Waals surface area (Å²) < 4.78 is 0.912. The highest BCUT2D eigenvalue weighted by Gasteiger charge is 2.13. The number of benzene rings is 1. The highest BCUT2D eigenvalue weighted by molar-refractivity contribution is 14.1. The Balaban J connectivity index is 2.15. The number of allylic oxidation sites excluding steroid dienone is 1. The van der Waals surface area contributed by atoms with Gasteiger partial charge in [-0.15, -0.1) is 11.7 Å². The smallest absolute Gasteiger partial charge is 0.270 e. The van der Waals surface area contributed by atoms with Crippen molar-refractivity contribution >= 4 is 46.0 Å². The van der Waals surface area contributed by atoms with Crippen LogP contribution in [-0.4, -0.2) is 26.1 Å². The van der Waals surface area contributed by atoms with Crippen LogP contribution in [-0.2, 0) is 6.54 Å². The normalized spacial score (nSPS) is 10.2. The number of nitrogens with one attached hydrogen (secondary N) is 1. The minimum absolute atomic E-state index is 0.127. The highest BCUT2D eigenvalue weighted by Crippen LogP contribution is 2.19. The molecule has 0 radical (unpaired) electrons. The number of nitrogens with zero attached hydrogens (tertiary/aromatic N) is 4. The van der Waals surface area contributed by atoms with Gasteiger partial charge in [0, 0.05) is 3.57 Å². The number of anilines is 1. The van der Waals surface area contributed by atoms with Gasteiger partial charge in [0.1, 0.15) is 0 Å². The zero-order valence-electron chi connectivity index (χ0n) is 9.68. The van der Waals surface area contributed by atoms with E-state index in [2.05, 4.69) is 49.9 Å². The standard InChI is InChI=1S/C11H9ClIN5O/c1-2-5-18-16-11(15-17-18)14-10(19)8-6-7(13)3-4-9(8)12/h2-4,6H,1,5H2,(H,14,16,19). The van der Waals surface area contributed by atoms with Crippen LogP contribution >= 0.6 is 34.2 Å². The Morgan fingerprint density at radius 2 is 2.37 bits per heavy atom. The Hall–Kier alpha value is -1.48. The van der Waals surface area contributed by atoms with Gasteiger partial charge in [-0.05, 0) is 46.0 Å². The second kappa shape index (κ2) is 6.11. The molecule has 1 heterocycles. The first kappa shape index (κ1) is 13.9. The number of halogens is 2. The van der Waals surface area contributed by atoms with Gasteiger partial charge in [-0.2, -0.15) is 4.80 Å². The summed E-state index contributed by atoms with van der Waals surface area (Å²) in [5.41, 5.74) is 0.369. The summed E-state index contributed by atoms with van der Waals surface area (Å²) in [6.45, 7) is 3.98. The number of tetrazole rings is 1. The van der Waals surface area contributed by atoms with E-state index in [4.69, 9.17) is 11.6 Å². The van der Waals surface area contributed by atoms with E-state index < -0.39 is 0 Å². The lowest BCUT2D eigenvalue weighted by Gasteiger charge is -2.03. The number of aromatic nitrogens is 4. The molecule has 98 valence electrons. The number of hydrogen-bond acceptors (Lipinski definition) is 4. The van der Waals surface area contributed by atoms with Crippen LogP contribution in [0, 0.1) is 3.57 Å². The van der Waals surface area contributed by atoms with Crippen LogP contribution in [0.3, 0.4) is 0 Å². The van der Waals surface area contributed by atoms with Crippen molar-refractivity contribution in [3.63, 3.8) is 0 Å². The van der Waals surface area contributed by atoms with Crippen molar-refractivity contribution < 1.29 is 4.79 Å². The summed E-state index contributed by atoms with van der Waals surface area (Å²) in [7, 11) is 0. The number of amides is 1. The molecule has 0 saturated heterocycles. The molecular weight excluding hydrogens is 381 g/mol. The molecule has 0 unspecified atom stereocenters. The Kier molecular flexibility index (Phi) is 4.48. The van der Waals surface area contributed by atoms with Gasteiger partial charge >= 0.3 is 0 Å². The first-order chi connectivity index (χ1) is 9.10. The Morgan fingerprint density at radius 3 is 3.11 bits per heavy atom. The van der Waals surface area contributed by atoms with Crippen molar-refractivity contribution in [3.05, 3.63) is 45.0 Å². The van der Waals surface area contributed by atoms with Gasteiger partial charge in [0.05, 0.1) is 17.1 Å². The molecule has 0 aliphatic carbocycles. The highest BCUT2D eigenvalue weighted by atomic mass is 127. The third kappa shape index (κ3) is 3.51. The maximum absolute atomic E-state index is 12.0. The molecule has 0 aliphatic heterocycles. The fraction of sp³-hybridized carbons (Fsp3) is 0.0909.